The number of anilines is 2. The molecule has 2 aliphatic rings. The lowest BCUT2D eigenvalue weighted by Gasteiger charge is -2.26. The summed E-state index contributed by atoms with van der Waals surface area (Å²) in [5.74, 6) is 0.295. The third-order valence-electron chi connectivity index (χ3n) is 4.12. The first-order chi connectivity index (χ1) is 9.66. The zero-order valence-corrected chi connectivity index (χ0v) is 11.2. The van der Waals surface area contributed by atoms with Gasteiger partial charge in [-0.25, -0.2) is 9.97 Å². The van der Waals surface area contributed by atoms with Crippen LogP contribution in [0.5, 0.6) is 0 Å². The molecule has 1 aromatic heterocycles. The van der Waals surface area contributed by atoms with Gasteiger partial charge in [0, 0.05) is 25.7 Å². The largest absolute Gasteiger partial charge is 0.378 e. The Labute approximate surface area is 116 Å². The highest BCUT2D eigenvalue weighted by Crippen LogP contribution is 2.32. The van der Waals surface area contributed by atoms with Gasteiger partial charge in [-0.05, 0) is 25.8 Å². The molecule has 2 fully saturated rings. The third kappa shape index (κ3) is 2.26. The monoisotopic (exact) mass is 278 g/mol. The van der Waals surface area contributed by atoms with Crippen molar-refractivity contribution < 1.29 is 4.92 Å². The zero-order chi connectivity index (χ0) is 14.1. The van der Waals surface area contributed by atoms with Crippen LogP contribution >= 0.6 is 0 Å². The molecule has 1 atom stereocenters. The number of hydrogen-bond acceptors (Lipinski definition) is 7. The number of rotatable bonds is 2. The lowest BCUT2D eigenvalue weighted by Crippen LogP contribution is -2.37. The molecule has 3 rings (SSSR count). The second kappa shape index (κ2) is 5.20. The van der Waals surface area contributed by atoms with E-state index in [2.05, 4.69) is 14.9 Å². The molecular weight excluding hydrogens is 260 g/mol. The fourth-order valence-corrected chi connectivity index (χ4v) is 3.19. The van der Waals surface area contributed by atoms with E-state index in [0.717, 1.165) is 39.0 Å². The fourth-order valence-electron chi connectivity index (χ4n) is 3.19. The van der Waals surface area contributed by atoms with E-state index in [1.807, 2.05) is 4.90 Å². The Morgan fingerprint density at radius 3 is 2.90 bits per heavy atom. The normalized spacial score (nSPS) is 23.4. The molecule has 8 nitrogen and oxygen atoms in total. The Morgan fingerprint density at radius 1 is 1.30 bits per heavy atom. The van der Waals surface area contributed by atoms with Crippen LogP contribution in [0.3, 0.4) is 0 Å². The van der Waals surface area contributed by atoms with Crippen molar-refractivity contribution in [2.24, 2.45) is 0 Å². The maximum atomic E-state index is 11.2. The molecule has 0 aliphatic carbocycles. The van der Waals surface area contributed by atoms with E-state index in [1.165, 1.54) is 12.7 Å². The number of aromatic nitrogens is 2. The molecule has 0 aromatic carbocycles. The smallest absolute Gasteiger partial charge is 0.353 e. The van der Waals surface area contributed by atoms with Gasteiger partial charge in [0.2, 0.25) is 11.6 Å². The van der Waals surface area contributed by atoms with Crippen molar-refractivity contribution in [1.29, 1.82) is 0 Å². The Hall–Kier alpha value is -1.96. The molecule has 0 saturated carbocycles. The SMILES string of the molecule is Nc1ncnc(N2CCCN3CCCC3C2)c1[N+](=O)[O-]. The summed E-state index contributed by atoms with van der Waals surface area (Å²) in [6, 6.07) is 0.466. The summed E-state index contributed by atoms with van der Waals surface area (Å²) in [6.45, 7) is 3.73. The van der Waals surface area contributed by atoms with Gasteiger partial charge in [-0.2, -0.15) is 0 Å². The van der Waals surface area contributed by atoms with Crippen LogP contribution in [0.1, 0.15) is 19.3 Å². The van der Waals surface area contributed by atoms with Crippen LogP contribution in [0, 0.1) is 10.1 Å². The first-order valence-corrected chi connectivity index (χ1v) is 6.90. The predicted octanol–water partition coefficient (Wildman–Crippen LogP) is 0.641. The predicted molar refractivity (Wildman–Crippen MR) is 74.5 cm³/mol. The highest BCUT2D eigenvalue weighted by molar-refractivity contribution is 5.68. The molecule has 108 valence electrons. The summed E-state index contributed by atoms with van der Waals surface area (Å²) in [5, 5.41) is 11.2. The van der Waals surface area contributed by atoms with Gasteiger partial charge >= 0.3 is 5.69 Å². The van der Waals surface area contributed by atoms with Crippen molar-refractivity contribution >= 4 is 17.3 Å². The van der Waals surface area contributed by atoms with Gasteiger partial charge in [-0.1, -0.05) is 0 Å². The maximum Gasteiger partial charge on any atom is 0.353 e. The van der Waals surface area contributed by atoms with E-state index < -0.39 is 4.92 Å². The minimum atomic E-state index is -0.484. The van der Waals surface area contributed by atoms with Crippen LogP contribution in [0.25, 0.3) is 0 Å². The molecule has 2 N–H and O–H groups in total. The van der Waals surface area contributed by atoms with E-state index in [9.17, 15) is 10.1 Å². The summed E-state index contributed by atoms with van der Waals surface area (Å²) < 4.78 is 0. The summed E-state index contributed by atoms with van der Waals surface area (Å²) in [5.41, 5.74) is 5.48. The summed E-state index contributed by atoms with van der Waals surface area (Å²) in [6.07, 6.45) is 4.63. The third-order valence-corrected chi connectivity index (χ3v) is 4.12. The molecule has 1 aromatic rings. The number of fused-ring (bicyclic) bond motifs is 1. The molecule has 8 heteroatoms. The Kier molecular flexibility index (Phi) is 3.39. The van der Waals surface area contributed by atoms with Crippen molar-refractivity contribution in [1.82, 2.24) is 14.9 Å². The van der Waals surface area contributed by atoms with Crippen LogP contribution in [0.2, 0.25) is 0 Å². The minimum Gasteiger partial charge on any atom is -0.378 e. The van der Waals surface area contributed by atoms with Crippen molar-refractivity contribution in [3.05, 3.63) is 16.4 Å². The Balaban J connectivity index is 1.92. The number of nitrogens with zero attached hydrogens (tertiary/aromatic N) is 5. The maximum absolute atomic E-state index is 11.2. The molecule has 0 spiro atoms. The Morgan fingerprint density at radius 2 is 2.10 bits per heavy atom. The molecule has 2 aliphatic heterocycles. The average Bonchev–Trinajstić information content (AvgIpc) is 2.75. The van der Waals surface area contributed by atoms with Gasteiger partial charge in [0.05, 0.1) is 4.92 Å². The van der Waals surface area contributed by atoms with Crippen LogP contribution in [-0.2, 0) is 0 Å². The number of nitrogen functional groups attached to an aromatic ring is 1. The quantitative estimate of drug-likeness (QED) is 0.625. The van der Waals surface area contributed by atoms with Crippen LogP contribution in [-0.4, -0.2) is 52.0 Å². The first kappa shape index (κ1) is 13.0. The summed E-state index contributed by atoms with van der Waals surface area (Å²) in [4.78, 5) is 23.0. The lowest BCUT2D eigenvalue weighted by atomic mass is 10.2. The van der Waals surface area contributed by atoms with Crippen molar-refractivity contribution in [3.8, 4) is 0 Å². The molecule has 1 unspecified atom stereocenters. The topological polar surface area (TPSA) is 101 Å². The van der Waals surface area contributed by atoms with Gasteiger partial charge < -0.3 is 10.6 Å². The van der Waals surface area contributed by atoms with Gasteiger partial charge in [0.15, 0.2) is 0 Å². The minimum absolute atomic E-state index is 0.0625. The van der Waals surface area contributed by atoms with Gasteiger partial charge in [0.25, 0.3) is 0 Å². The highest BCUT2D eigenvalue weighted by atomic mass is 16.6. The van der Waals surface area contributed by atoms with E-state index in [4.69, 9.17) is 5.73 Å². The van der Waals surface area contributed by atoms with Crippen LogP contribution in [0.15, 0.2) is 6.33 Å². The van der Waals surface area contributed by atoms with Crippen molar-refractivity contribution in [2.45, 2.75) is 25.3 Å². The standard InChI is InChI=1S/C12H18N6O2/c13-11-10(18(19)20)12(15-8-14-11)17-6-2-5-16-4-1-3-9(16)7-17/h8-9H,1-7H2,(H2,13,14,15). The van der Waals surface area contributed by atoms with Crippen molar-refractivity contribution in [2.75, 3.05) is 36.8 Å². The molecule has 0 radical (unpaired) electrons. The van der Waals surface area contributed by atoms with Gasteiger partial charge in [-0.3, -0.25) is 15.0 Å². The van der Waals surface area contributed by atoms with E-state index in [0.29, 0.717) is 11.9 Å². The average molecular weight is 278 g/mol. The van der Waals surface area contributed by atoms with Gasteiger partial charge in [0.1, 0.15) is 6.33 Å². The second-order valence-electron chi connectivity index (χ2n) is 5.32. The van der Waals surface area contributed by atoms with E-state index in [1.54, 1.807) is 0 Å². The van der Waals surface area contributed by atoms with Gasteiger partial charge in [-0.15, -0.1) is 0 Å². The zero-order valence-electron chi connectivity index (χ0n) is 11.2. The highest BCUT2D eigenvalue weighted by Gasteiger charge is 2.32. The Bertz CT molecular complexity index is 523. The first-order valence-electron chi connectivity index (χ1n) is 6.90. The van der Waals surface area contributed by atoms with E-state index in [-0.39, 0.29) is 11.5 Å². The second-order valence-corrected chi connectivity index (χ2v) is 5.32. The molecule has 3 heterocycles. The van der Waals surface area contributed by atoms with Crippen LogP contribution < -0.4 is 10.6 Å². The molecular formula is C12H18N6O2. The lowest BCUT2D eigenvalue weighted by molar-refractivity contribution is -0.383. The molecule has 0 amide bonds. The number of nitrogens with two attached hydrogens (primary N) is 1. The van der Waals surface area contributed by atoms with E-state index >= 15 is 0 Å². The molecule has 0 bridgehead atoms. The van der Waals surface area contributed by atoms with Crippen molar-refractivity contribution in [3.63, 3.8) is 0 Å². The molecule has 20 heavy (non-hydrogen) atoms. The van der Waals surface area contributed by atoms with Crippen LogP contribution in [0.4, 0.5) is 17.3 Å². The number of nitro groups is 1. The summed E-state index contributed by atoms with van der Waals surface area (Å²) in [7, 11) is 0. The molecule has 2 saturated heterocycles. The fraction of sp³-hybridized carbons (Fsp3) is 0.667. The number of hydrogen-bond donors (Lipinski definition) is 1. The summed E-state index contributed by atoms with van der Waals surface area (Å²) >= 11 is 0.